The third-order valence-electron chi connectivity index (χ3n) is 4.18. The summed E-state index contributed by atoms with van der Waals surface area (Å²) in [6.07, 6.45) is 4.88. The number of rotatable bonds is 6. The lowest BCUT2D eigenvalue weighted by molar-refractivity contribution is -0.143. The van der Waals surface area contributed by atoms with E-state index in [0.717, 1.165) is 16.7 Å². The first-order valence-electron chi connectivity index (χ1n) is 7.95. The Kier molecular flexibility index (Phi) is 6.03. The van der Waals surface area contributed by atoms with Crippen LogP contribution in [0.4, 0.5) is 5.13 Å². The summed E-state index contributed by atoms with van der Waals surface area (Å²) in [6, 6.07) is 0.533. The van der Waals surface area contributed by atoms with Gasteiger partial charge in [0.2, 0.25) is 0 Å². The van der Waals surface area contributed by atoms with E-state index in [1.54, 1.807) is 11.3 Å². The molecule has 1 heterocycles. The first-order chi connectivity index (χ1) is 10.1. The van der Waals surface area contributed by atoms with Gasteiger partial charge in [-0.2, -0.15) is 0 Å². The lowest BCUT2D eigenvalue weighted by atomic mass is 9.80. The van der Waals surface area contributed by atoms with Gasteiger partial charge in [-0.05, 0) is 38.0 Å². The van der Waals surface area contributed by atoms with Gasteiger partial charge in [-0.15, -0.1) is 11.3 Å². The van der Waals surface area contributed by atoms with E-state index in [1.807, 2.05) is 12.3 Å². The largest absolute Gasteiger partial charge is 0.466 e. The molecule has 0 spiro atoms. The van der Waals surface area contributed by atoms with E-state index in [-0.39, 0.29) is 5.97 Å². The first kappa shape index (κ1) is 16.3. The average molecular weight is 310 g/mol. The normalized spacial score (nSPS) is 25.6. The standard InChI is InChI=1S/C16H26N2O2S/c1-4-20-15(19)8-6-13-10-21-16(17-13)18-14-7-5-11(2)9-12(14)3/h10-12,14H,4-9H2,1-3H3,(H,17,18). The summed E-state index contributed by atoms with van der Waals surface area (Å²) in [5.74, 6) is 1.39. The van der Waals surface area contributed by atoms with Crippen molar-refractivity contribution in [2.45, 2.75) is 58.9 Å². The number of aromatic nitrogens is 1. The topological polar surface area (TPSA) is 51.2 Å². The summed E-state index contributed by atoms with van der Waals surface area (Å²) in [4.78, 5) is 15.9. The molecule has 0 aromatic carbocycles. The second kappa shape index (κ2) is 7.78. The number of anilines is 1. The van der Waals surface area contributed by atoms with Gasteiger partial charge < -0.3 is 10.1 Å². The van der Waals surface area contributed by atoms with E-state index < -0.39 is 0 Å². The van der Waals surface area contributed by atoms with Gasteiger partial charge in [0.1, 0.15) is 0 Å². The van der Waals surface area contributed by atoms with Crippen LogP contribution >= 0.6 is 11.3 Å². The predicted molar refractivity (Wildman–Crippen MR) is 86.7 cm³/mol. The highest BCUT2D eigenvalue weighted by molar-refractivity contribution is 7.13. The van der Waals surface area contributed by atoms with Crippen molar-refractivity contribution < 1.29 is 9.53 Å². The maximum absolute atomic E-state index is 11.4. The van der Waals surface area contributed by atoms with E-state index in [0.29, 0.717) is 31.4 Å². The zero-order valence-corrected chi connectivity index (χ0v) is 14.0. The molecule has 1 N–H and O–H groups in total. The molecule has 1 fully saturated rings. The Balaban J connectivity index is 1.81. The molecule has 118 valence electrons. The number of thiazole rings is 1. The van der Waals surface area contributed by atoms with Gasteiger partial charge in [-0.1, -0.05) is 13.8 Å². The number of carbonyl (C=O) groups is 1. The summed E-state index contributed by atoms with van der Waals surface area (Å²) in [5.41, 5.74) is 0.979. The molecule has 5 heteroatoms. The van der Waals surface area contributed by atoms with Crippen molar-refractivity contribution >= 4 is 22.4 Å². The van der Waals surface area contributed by atoms with Crippen LogP contribution in [0.15, 0.2) is 5.38 Å². The maximum atomic E-state index is 11.4. The van der Waals surface area contributed by atoms with E-state index in [9.17, 15) is 4.79 Å². The van der Waals surface area contributed by atoms with E-state index >= 15 is 0 Å². The Labute approximate surface area is 131 Å². The molecule has 1 aliphatic rings. The lowest BCUT2D eigenvalue weighted by Crippen LogP contribution is -2.32. The third kappa shape index (κ3) is 4.99. The van der Waals surface area contributed by atoms with Crippen LogP contribution in [0.3, 0.4) is 0 Å². The predicted octanol–water partition coefficient (Wildman–Crippen LogP) is 3.88. The smallest absolute Gasteiger partial charge is 0.306 e. The van der Waals surface area contributed by atoms with Gasteiger partial charge in [-0.3, -0.25) is 4.79 Å². The molecule has 3 unspecified atom stereocenters. The maximum Gasteiger partial charge on any atom is 0.306 e. The van der Waals surface area contributed by atoms with Crippen LogP contribution in [0.5, 0.6) is 0 Å². The molecule has 0 aliphatic heterocycles. The zero-order valence-electron chi connectivity index (χ0n) is 13.2. The van der Waals surface area contributed by atoms with Gasteiger partial charge in [0, 0.05) is 17.8 Å². The van der Waals surface area contributed by atoms with Crippen molar-refractivity contribution in [2.24, 2.45) is 11.8 Å². The zero-order chi connectivity index (χ0) is 15.2. The Morgan fingerprint density at radius 2 is 2.29 bits per heavy atom. The molecule has 1 aromatic heterocycles. The summed E-state index contributed by atoms with van der Waals surface area (Å²) < 4.78 is 4.94. The quantitative estimate of drug-likeness (QED) is 0.810. The number of esters is 1. The van der Waals surface area contributed by atoms with Crippen LogP contribution in [-0.4, -0.2) is 23.6 Å². The van der Waals surface area contributed by atoms with Crippen molar-refractivity contribution in [1.82, 2.24) is 4.98 Å². The van der Waals surface area contributed by atoms with Gasteiger partial charge in [0.25, 0.3) is 0 Å². The van der Waals surface area contributed by atoms with E-state index in [1.165, 1.54) is 19.3 Å². The number of hydrogen-bond donors (Lipinski definition) is 1. The van der Waals surface area contributed by atoms with Crippen molar-refractivity contribution in [3.8, 4) is 0 Å². The average Bonchev–Trinajstić information content (AvgIpc) is 2.88. The summed E-state index contributed by atoms with van der Waals surface area (Å²) in [6.45, 7) is 6.93. The molecule has 21 heavy (non-hydrogen) atoms. The second-order valence-corrected chi connectivity index (χ2v) is 6.95. The van der Waals surface area contributed by atoms with Crippen molar-refractivity contribution in [2.75, 3.05) is 11.9 Å². The number of ether oxygens (including phenoxy) is 1. The molecule has 3 atom stereocenters. The highest BCUT2D eigenvalue weighted by atomic mass is 32.1. The van der Waals surface area contributed by atoms with Gasteiger partial charge in [0.15, 0.2) is 5.13 Å². The van der Waals surface area contributed by atoms with E-state index in [4.69, 9.17) is 4.74 Å². The highest BCUT2D eigenvalue weighted by Gasteiger charge is 2.25. The minimum Gasteiger partial charge on any atom is -0.466 e. The van der Waals surface area contributed by atoms with Crippen LogP contribution in [0, 0.1) is 11.8 Å². The number of aryl methyl sites for hydroxylation is 1. The van der Waals surface area contributed by atoms with Gasteiger partial charge in [0.05, 0.1) is 18.7 Å². The van der Waals surface area contributed by atoms with Crippen molar-refractivity contribution in [3.63, 3.8) is 0 Å². The van der Waals surface area contributed by atoms with Crippen LogP contribution in [0.2, 0.25) is 0 Å². The Hall–Kier alpha value is -1.10. The first-order valence-corrected chi connectivity index (χ1v) is 8.83. The van der Waals surface area contributed by atoms with Gasteiger partial charge >= 0.3 is 5.97 Å². The molecule has 0 radical (unpaired) electrons. The number of nitrogens with one attached hydrogen (secondary N) is 1. The lowest BCUT2D eigenvalue weighted by Gasteiger charge is -2.33. The summed E-state index contributed by atoms with van der Waals surface area (Å²) >= 11 is 1.64. The fraction of sp³-hybridized carbons (Fsp3) is 0.750. The molecule has 1 aliphatic carbocycles. The molecule has 0 saturated heterocycles. The Morgan fingerprint density at radius 3 is 3.00 bits per heavy atom. The second-order valence-electron chi connectivity index (χ2n) is 6.10. The molecular formula is C16H26N2O2S. The minimum absolute atomic E-state index is 0.144. The fourth-order valence-corrected chi connectivity index (χ4v) is 3.80. The number of nitrogens with zero attached hydrogens (tertiary/aromatic N) is 1. The molecule has 1 aromatic rings. The summed E-state index contributed by atoms with van der Waals surface area (Å²) in [5, 5.41) is 6.60. The molecular weight excluding hydrogens is 284 g/mol. The molecule has 2 rings (SSSR count). The fourth-order valence-electron chi connectivity index (χ4n) is 2.99. The van der Waals surface area contributed by atoms with Crippen LogP contribution in [0.25, 0.3) is 0 Å². The SMILES string of the molecule is CCOC(=O)CCc1csc(NC2CCC(C)CC2C)n1. The Bertz CT molecular complexity index is 461. The highest BCUT2D eigenvalue weighted by Crippen LogP contribution is 2.31. The third-order valence-corrected chi connectivity index (χ3v) is 5.01. The van der Waals surface area contributed by atoms with Gasteiger partial charge in [-0.25, -0.2) is 4.98 Å². The number of carbonyl (C=O) groups excluding carboxylic acids is 1. The number of hydrogen-bond acceptors (Lipinski definition) is 5. The monoisotopic (exact) mass is 310 g/mol. The van der Waals surface area contributed by atoms with Crippen molar-refractivity contribution in [3.05, 3.63) is 11.1 Å². The molecule has 0 bridgehead atoms. The van der Waals surface area contributed by atoms with Crippen LogP contribution in [0.1, 0.15) is 52.1 Å². The van der Waals surface area contributed by atoms with Crippen LogP contribution < -0.4 is 5.32 Å². The van der Waals surface area contributed by atoms with Crippen molar-refractivity contribution in [1.29, 1.82) is 0 Å². The molecule has 4 nitrogen and oxygen atoms in total. The summed E-state index contributed by atoms with van der Waals surface area (Å²) in [7, 11) is 0. The Morgan fingerprint density at radius 1 is 1.48 bits per heavy atom. The minimum atomic E-state index is -0.144. The molecule has 0 amide bonds. The van der Waals surface area contributed by atoms with E-state index in [2.05, 4.69) is 24.1 Å². The molecule has 1 saturated carbocycles. The van der Waals surface area contributed by atoms with Crippen LogP contribution in [-0.2, 0) is 16.0 Å².